The van der Waals surface area contributed by atoms with Gasteiger partial charge in [-0.2, -0.15) is 13.2 Å². The fraction of sp³-hybridized carbons (Fsp3) is 0.632. The molecule has 1 aliphatic heterocycles. The van der Waals surface area contributed by atoms with Crippen molar-refractivity contribution in [2.75, 3.05) is 23.3 Å². The molecule has 1 amide bonds. The molecule has 156 valence electrons. The third kappa shape index (κ3) is 5.37. The first-order valence-electron chi connectivity index (χ1n) is 9.56. The first kappa shape index (κ1) is 20.9. The summed E-state index contributed by atoms with van der Waals surface area (Å²) in [6.07, 6.45) is -1.59. The molecule has 1 heterocycles. The highest BCUT2D eigenvalue weighted by molar-refractivity contribution is 6.33. The van der Waals surface area contributed by atoms with E-state index in [0.29, 0.717) is 18.1 Å². The Balaban J connectivity index is 1.53. The first-order chi connectivity index (χ1) is 13.2. The standard InChI is InChI=1S/C19H25ClF3N3O2/c20-16-11-14(25-13-1-4-15(5-2-13)28-18(24)27)3-6-17(16)26-9-7-12(8-10-26)19(21,22)23/h3,6,11-13,15,25H,1-2,4-5,7-10H2,(H2,24,27). The van der Waals surface area contributed by atoms with Crippen LogP contribution in [0.5, 0.6) is 0 Å². The zero-order valence-corrected chi connectivity index (χ0v) is 16.2. The predicted octanol–water partition coefficient (Wildman–Crippen LogP) is 4.94. The third-order valence-electron chi connectivity index (χ3n) is 5.57. The minimum atomic E-state index is -4.12. The Morgan fingerprint density at radius 1 is 1.14 bits per heavy atom. The van der Waals surface area contributed by atoms with Gasteiger partial charge in [-0.25, -0.2) is 4.79 Å². The van der Waals surface area contributed by atoms with Gasteiger partial charge in [0.1, 0.15) is 6.10 Å². The van der Waals surface area contributed by atoms with Crippen molar-refractivity contribution in [1.29, 1.82) is 0 Å². The Morgan fingerprint density at radius 2 is 1.79 bits per heavy atom. The number of carbonyl (C=O) groups excluding carboxylic acids is 1. The maximum absolute atomic E-state index is 12.8. The molecule has 3 rings (SSSR count). The number of nitrogens with two attached hydrogens (primary N) is 1. The molecule has 1 saturated heterocycles. The van der Waals surface area contributed by atoms with Gasteiger partial charge in [0.2, 0.25) is 0 Å². The van der Waals surface area contributed by atoms with Crippen LogP contribution in [0.1, 0.15) is 38.5 Å². The molecule has 0 spiro atoms. The highest BCUT2D eigenvalue weighted by atomic mass is 35.5. The number of hydrogen-bond acceptors (Lipinski definition) is 4. The van der Waals surface area contributed by atoms with Crippen molar-refractivity contribution >= 4 is 29.1 Å². The Kier molecular flexibility index (Phi) is 6.47. The van der Waals surface area contributed by atoms with Crippen LogP contribution in [0.25, 0.3) is 0 Å². The molecule has 0 atom stereocenters. The number of hydrogen-bond donors (Lipinski definition) is 2. The molecule has 1 aromatic carbocycles. The fourth-order valence-electron chi connectivity index (χ4n) is 4.03. The van der Waals surface area contributed by atoms with Gasteiger partial charge in [-0.3, -0.25) is 0 Å². The molecular formula is C19H25ClF3N3O2. The Hall–Kier alpha value is -1.83. The summed E-state index contributed by atoms with van der Waals surface area (Å²) in [6, 6.07) is 5.83. The van der Waals surface area contributed by atoms with Gasteiger partial charge in [0.15, 0.2) is 0 Å². The highest BCUT2D eigenvalue weighted by Crippen LogP contribution is 2.37. The maximum Gasteiger partial charge on any atom is 0.404 e. The van der Waals surface area contributed by atoms with Crippen LogP contribution in [0.15, 0.2) is 18.2 Å². The summed E-state index contributed by atoms with van der Waals surface area (Å²) in [7, 11) is 0. The summed E-state index contributed by atoms with van der Waals surface area (Å²) < 4.78 is 43.5. The van der Waals surface area contributed by atoms with Crippen molar-refractivity contribution in [3.8, 4) is 0 Å². The van der Waals surface area contributed by atoms with Crippen LogP contribution < -0.4 is 16.0 Å². The topological polar surface area (TPSA) is 67.6 Å². The fourth-order valence-corrected chi connectivity index (χ4v) is 4.33. The van der Waals surface area contributed by atoms with Gasteiger partial charge in [0.25, 0.3) is 0 Å². The van der Waals surface area contributed by atoms with Crippen LogP contribution in [0.4, 0.5) is 29.3 Å². The number of benzene rings is 1. The van der Waals surface area contributed by atoms with Crippen LogP contribution in [0, 0.1) is 5.92 Å². The SMILES string of the molecule is NC(=O)OC1CCC(Nc2ccc(N3CCC(C(F)(F)F)CC3)c(Cl)c2)CC1. The normalized spacial score (nSPS) is 24.1. The number of anilines is 2. The van der Waals surface area contributed by atoms with Gasteiger partial charge in [-0.15, -0.1) is 0 Å². The average Bonchev–Trinajstić information content (AvgIpc) is 2.62. The molecule has 5 nitrogen and oxygen atoms in total. The number of ether oxygens (including phenoxy) is 1. The Bertz CT molecular complexity index is 685. The lowest BCUT2D eigenvalue weighted by Gasteiger charge is -2.35. The van der Waals surface area contributed by atoms with E-state index in [2.05, 4.69) is 5.32 Å². The molecule has 0 radical (unpaired) electrons. The lowest BCUT2D eigenvalue weighted by Crippen LogP contribution is -2.39. The second-order valence-corrected chi connectivity index (χ2v) is 7.93. The van der Waals surface area contributed by atoms with E-state index in [1.807, 2.05) is 23.1 Å². The van der Waals surface area contributed by atoms with Crippen LogP contribution >= 0.6 is 11.6 Å². The summed E-state index contributed by atoms with van der Waals surface area (Å²) in [4.78, 5) is 12.7. The van der Waals surface area contributed by atoms with Gasteiger partial charge in [0.05, 0.1) is 16.6 Å². The predicted molar refractivity (Wildman–Crippen MR) is 103 cm³/mol. The molecule has 9 heteroatoms. The number of amides is 1. The minimum Gasteiger partial charge on any atom is -0.446 e. The summed E-state index contributed by atoms with van der Waals surface area (Å²) in [5.41, 5.74) is 6.69. The molecule has 0 aromatic heterocycles. The molecular weight excluding hydrogens is 395 g/mol. The van der Waals surface area contributed by atoms with E-state index >= 15 is 0 Å². The lowest BCUT2D eigenvalue weighted by molar-refractivity contribution is -0.179. The van der Waals surface area contributed by atoms with Gasteiger partial charge >= 0.3 is 12.3 Å². The van der Waals surface area contributed by atoms with Crippen molar-refractivity contribution in [2.45, 2.75) is 56.8 Å². The molecule has 1 saturated carbocycles. The monoisotopic (exact) mass is 419 g/mol. The van der Waals surface area contributed by atoms with Crippen molar-refractivity contribution < 1.29 is 22.7 Å². The van der Waals surface area contributed by atoms with Crippen molar-refractivity contribution in [3.63, 3.8) is 0 Å². The van der Waals surface area contributed by atoms with Crippen molar-refractivity contribution in [2.24, 2.45) is 11.7 Å². The molecule has 3 N–H and O–H groups in total. The van der Waals surface area contributed by atoms with Gasteiger partial charge in [0, 0.05) is 24.8 Å². The largest absolute Gasteiger partial charge is 0.446 e. The second kappa shape index (κ2) is 8.68. The summed E-state index contributed by atoms with van der Waals surface area (Å²) >= 11 is 6.41. The molecule has 1 aliphatic carbocycles. The number of rotatable bonds is 4. The number of carbonyl (C=O) groups is 1. The maximum atomic E-state index is 12.8. The lowest BCUT2D eigenvalue weighted by atomic mass is 9.92. The summed E-state index contributed by atoms with van der Waals surface area (Å²) in [6.45, 7) is 0.696. The zero-order chi connectivity index (χ0) is 20.3. The number of alkyl halides is 3. The number of primary amides is 1. The number of halogens is 4. The minimum absolute atomic E-state index is 0.0937. The van der Waals surface area contributed by atoms with E-state index in [0.717, 1.165) is 37.1 Å². The summed E-state index contributed by atoms with van der Waals surface area (Å²) in [5, 5.41) is 3.96. The summed E-state index contributed by atoms with van der Waals surface area (Å²) in [5.74, 6) is -1.22. The smallest absolute Gasteiger partial charge is 0.404 e. The van der Waals surface area contributed by atoms with Crippen LogP contribution in [-0.4, -0.2) is 37.5 Å². The highest BCUT2D eigenvalue weighted by Gasteiger charge is 2.41. The van der Waals surface area contributed by atoms with E-state index in [9.17, 15) is 18.0 Å². The van der Waals surface area contributed by atoms with E-state index in [1.165, 1.54) is 0 Å². The van der Waals surface area contributed by atoms with Crippen LogP contribution in [0.3, 0.4) is 0 Å². The van der Waals surface area contributed by atoms with Gasteiger partial charge < -0.3 is 20.7 Å². The molecule has 2 aliphatic rings. The third-order valence-corrected chi connectivity index (χ3v) is 5.88. The molecule has 1 aromatic rings. The van der Waals surface area contributed by atoms with Gasteiger partial charge in [-0.05, 0) is 56.7 Å². The number of piperidine rings is 1. The van der Waals surface area contributed by atoms with Crippen LogP contribution in [0.2, 0.25) is 5.02 Å². The van der Waals surface area contributed by atoms with Crippen molar-refractivity contribution in [3.05, 3.63) is 23.2 Å². The van der Waals surface area contributed by atoms with E-state index in [1.54, 1.807) is 0 Å². The number of nitrogens with one attached hydrogen (secondary N) is 1. The number of nitrogens with zero attached hydrogens (tertiary/aromatic N) is 1. The van der Waals surface area contributed by atoms with E-state index in [4.69, 9.17) is 22.1 Å². The Labute approximate surface area is 167 Å². The molecule has 0 bridgehead atoms. The first-order valence-corrected chi connectivity index (χ1v) is 9.94. The Morgan fingerprint density at radius 3 is 2.32 bits per heavy atom. The zero-order valence-electron chi connectivity index (χ0n) is 15.5. The van der Waals surface area contributed by atoms with Crippen molar-refractivity contribution in [1.82, 2.24) is 0 Å². The van der Waals surface area contributed by atoms with Crippen LogP contribution in [-0.2, 0) is 4.74 Å². The average molecular weight is 420 g/mol. The second-order valence-electron chi connectivity index (χ2n) is 7.52. The van der Waals surface area contributed by atoms with Gasteiger partial charge in [-0.1, -0.05) is 11.6 Å². The molecule has 28 heavy (non-hydrogen) atoms. The van der Waals surface area contributed by atoms with E-state index < -0.39 is 18.2 Å². The quantitative estimate of drug-likeness (QED) is 0.725. The molecule has 2 fully saturated rings. The molecule has 0 unspecified atom stereocenters. The van der Waals surface area contributed by atoms with E-state index in [-0.39, 0.29) is 25.0 Å².